The van der Waals surface area contributed by atoms with Gasteiger partial charge in [0.05, 0.1) is 18.8 Å². The lowest BCUT2D eigenvalue weighted by Gasteiger charge is -2.09. The van der Waals surface area contributed by atoms with Crippen LogP contribution in [-0.2, 0) is 17.7 Å². The maximum absolute atomic E-state index is 11.8. The van der Waals surface area contributed by atoms with Crippen LogP contribution in [-0.4, -0.2) is 32.8 Å². The number of fused-ring (bicyclic) bond motifs is 1. The van der Waals surface area contributed by atoms with Crippen LogP contribution in [0.1, 0.15) is 28.7 Å². The maximum atomic E-state index is 11.8. The van der Waals surface area contributed by atoms with Gasteiger partial charge in [0.15, 0.2) is 5.69 Å². The smallest absolute Gasteiger partial charge is 0.360 e. The van der Waals surface area contributed by atoms with Gasteiger partial charge in [0.25, 0.3) is 0 Å². The van der Waals surface area contributed by atoms with E-state index in [0.717, 1.165) is 18.7 Å². The first kappa shape index (κ1) is 14.1. The van der Waals surface area contributed by atoms with Crippen LogP contribution in [0.25, 0.3) is 0 Å². The molecule has 1 atom stereocenters. The Morgan fingerprint density at radius 2 is 2.29 bits per heavy atom. The Labute approximate surface area is 127 Å². The zero-order chi connectivity index (χ0) is 14.8. The van der Waals surface area contributed by atoms with Crippen molar-refractivity contribution in [2.24, 2.45) is 0 Å². The average Bonchev–Trinajstić information content (AvgIpc) is 3.03. The molecule has 2 aromatic rings. The number of rotatable bonds is 4. The monoisotopic (exact) mass is 303 g/mol. The normalized spacial score (nSPS) is 16.8. The number of carbonyl (C=O) groups excluding carboxylic acids is 1. The quantitative estimate of drug-likeness (QED) is 0.812. The number of hydrogen-bond donors (Lipinski definition) is 0. The van der Waals surface area contributed by atoms with Crippen molar-refractivity contribution >= 4 is 17.7 Å². The van der Waals surface area contributed by atoms with Gasteiger partial charge in [0, 0.05) is 10.1 Å². The van der Waals surface area contributed by atoms with Crippen LogP contribution in [0.15, 0.2) is 29.2 Å². The molecule has 0 bridgehead atoms. The molecule has 6 heteroatoms. The van der Waals surface area contributed by atoms with E-state index in [4.69, 9.17) is 4.74 Å². The number of aromatic nitrogens is 3. The summed E-state index contributed by atoms with van der Waals surface area (Å²) in [5.74, 6) is -0.399. The van der Waals surface area contributed by atoms with Gasteiger partial charge in [-0.3, -0.25) is 0 Å². The number of carbonyl (C=O) groups is 1. The van der Waals surface area contributed by atoms with Crippen LogP contribution >= 0.6 is 11.8 Å². The Hall–Kier alpha value is -1.82. The third-order valence-electron chi connectivity index (χ3n) is 3.54. The molecule has 0 aliphatic carbocycles. The molecule has 1 aliphatic rings. The lowest BCUT2D eigenvalue weighted by atomic mass is 10.1. The van der Waals surface area contributed by atoms with E-state index in [9.17, 15) is 4.79 Å². The Kier molecular flexibility index (Phi) is 3.96. The summed E-state index contributed by atoms with van der Waals surface area (Å²) in [4.78, 5) is 13.1. The molecular weight excluding hydrogens is 286 g/mol. The standard InChI is InChI=1S/C15H17N3O2S/c1-3-20-15(19)14-10(2)18(17-16-14)9-12-8-11-6-4-5-7-13(11)21-12/h4-7,12H,3,8-9H2,1-2H3. The Morgan fingerprint density at radius 3 is 3.05 bits per heavy atom. The van der Waals surface area contributed by atoms with E-state index in [-0.39, 0.29) is 0 Å². The summed E-state index contributed by atoms with van der Waals surface area (Å²) < 4.78 is 6.78. The molecule has 0 spiro atoms. The second-order valence-corrected chi connectivity index (χ2v) is 6.32. The largest absolute Gasteiger partial charge is 0.461 e. The van der Waals surface area contributed by atoms with E-state index in [2.05, 4.69) is 34.6 Å². The van der Waals surface area contributed by atoms with Crippen molar-refractivity contribution in [3.05, 3.63) is 41.2 Å². The third kappa shape index (κ3) is 2.81. The number of thioether (sulfide) groups is 1. The average molecular weight is 303 g/mol. The molecule has 5 nitrogen and oxygen atoms in total. The summed E-state index contributed by atoms with van der Waals surface area (Å²) >= 11 is 1.86. The predicted molar refractivity (Wildman–Crippen MR) is 80.5 cm³/mol. The first-order chi connectivity index (χ1) is 10.2. The van der Waals surface area contributed by atoms with Crippen LogP contribution in [0.2, 0.25) is 0 Å². The van der Waals surface area contributed by atoms with Gasteiger partial charge in [-0.05, 0) is 31.9 Å². The van der Waals surface area contributed by atoms with Gasteiger partial charge < -0.3 is 4.74 Å². The van der Waals surface area contributed by atoms with Crippen molar-refractivity contribution in [2.75, 3.05) is 6.61 Å². The van der Waals surface area contributed by atoms with E-state index in [1.807, 2.05) is 18.7 Å². The predicted octanol–water partition coefficient (Wildman–Crippen LogP) is 2.48. The SMILES string of the molecule is CCOC(=O)c1nnn(CC2Cc3ccccc3S2)c1C. The van der Waals surface area contributed by atoms with Gasteiger partial charge in [0.2, 0.25) is 0 Å². The van der Waals surface area contributed by atoms with Gasteiger partial charge in [-0.25, -0.2) is 9.48 Å². The highest BCUT2D eigenvalue weighted by Gasteiger charge is 2.25. The Morgan fingerprint density at radius 1 is 1.48 bits per heavy atom. The van der Waals surface area contributed by atoms with Gasteiger partial charge in [-0.2, -0.15) is 0 Å². The molecule has 0 fully saturated rings. The number of ether oxygens (including phenoxy) is 1. The van der Waals surface area contributed by atoms with Gasteiger partial charge in [-0.1, -0.05) is 23.4 Å². The van der Waals surface area contributed by atoms with Crippen LogP contribution in [0.4, 0.5) is 0 Å². The summed E-state index contributed by atoms with van der Waals surface area (Å²) in [6.45, 7) is 4.74. The molecule has 0 saturated carbocycles. The van der Waals surface area contributed by atoms with Gasteiger partial charge >= 0.3 is 5.97 Å². The molecule has 0 saturated heterocycles. The van der Waals surface area contributed by atoms with E-state index in [0.29, 0.717) is 17.6 Å². The van der Waals surface area contributed by atoms with Crippen LogP contribution in [0.5, 0.6) is 0 Å². The van der Waals surface area contributed by atoms with Crippen molar-refractivity contribution in [3.63, 3.8) is 0 Å². The molecule has 1 unspecified atom stereocenters. The number of benzene rings is 1. The molecule has 21 heavy (non-hydrogen) atoms. The van der Waals surface area contributed by atoms with E-state index >= 15 is 0 Å². The minimum Gasteiger partial charge on any atom is -0.461 e. The molecule has 110 valence electrons. The van der Waals surface area contributed by atoms with Crippen molar-refractivity contribution in [2.45, 2.75) is 37.0 Å². The summed E-state index contributed by atoms with van der Waals surface area (Å²) in [5.41, 5.74) is 2.47. The van der Waals surface area contributed by atoms with Crippen molar-refractivity contribution in [3.8, 4) is 0 Å². The highest BCUT2D eigenvalue weighted by atomic mass is 32.2. The summed E-state index contributed by atoms with van der Waals surface area (Å²) in [6, 6.07) is 8.45. The first-order valence-corrected chi connectivity index (χ1v) is 7.88. The molecule has 1 aliphatic heterocycles. The minimum absolute atomic E-state index is 0.317. The second kappa shape index (κ2) is 5.89. The molecule has 1 aromatic heterocycles. The summed E-state index contributed by atoms with van der Waals surface area (Å²) in [7, 11) is 0. The van der Waals surface area contributed by atoms with Crippen LogP contribution in [0, 0.1) is 6.92 Å². The Bertz CT molecular complexity index is 644. The molecule has 2 heterocycles. The summed E-state index contributed by atoms with van der Waals surface area (Å²) in [6.07, 6.45) is 1.02. The number of nitrogens with zero attached hydrogens (tertiary/aromatic N) is 3. The van der Waals surface area contributed by atoms with Crippen molar-refractivity contribution < 1.29 is 9.53 Å². The minimum atomic E-state index is -0.399. The molecular formula is C15H17N3O2S. The lowest BCUT2D eigenvalue weighted by molar-refractivity contribution is 0.0518. The summed E-state index contributed by atoms with van der Waals surface area (Å²) in [5, 5.41) is 8.48. The fourth-order valence-electron chi connectivity index (χ4n) is 2.47. The number of esters is 1. The molecule has 0 radical (unpaired) electrons. The van der Waals surface area contributed by atoms with E-state index in [1.54, 1.807) is 11.6 Å². The zero-order valence-corrected chi connectivity index (χ0v) is 12.9. The van der Waals surface area contributed by atoms with Gasteiger partial charge in [0.1, 0.15) is 0 Å². The topological polar surface area (TPSA) is 57.0 Å². The van der Waals surface area contributed by atoms with Crippen molar-refractivity contribution in [1.29, 1.82) is 0 Å². The fourth-order valence-corrected chi connectivity index (χ4v) is 3.77. The molecule has 1 aromatic carbocycles. The first-order valence-electron chi connectivity index (χ1n) is 7.00. The highest BCUT2D eigenvalue weighted by Crippen LogP contribution is 2.37. The third-order valence-corrected chi connectivity index (χ3v) is 4.84. The van der Waals surface area contributed by atoms with E-state index in [1.165, 1.54) is 10.5 Å². The van der Waals surface area contributed by atoms with Crippen LogP contribution < -0.4 is 0 Å². The maximum Gasteiger partial charge on any atom is 0.360 e. The highest BCUT2D eigenvalue weighted by molar-refractivity contribution is 8.00. The molecule has 0 amide bonds. The lowest BCUT2D eigenvalue weighted by Crippen LogP contribution is -2.15. The molecule has 3 rings (SSSR count). The molecule has 0 N–H and O–H groups in total. The second-order valence-electron chi connectivity index (χ2n) is 4.98. The van der Waals surface area contributed by atoms with E-state index < -0.39 is 5.97 Å². The van der Waals surface area contributed by atoms with Gasteiger partial charge in [-0.15, -0.1) is 16.9 Å². The zero-order valence-electron chi connectivity index (χ0n) is 12.1. The van der Waals surface area contributed by atoms with Crippen molar-refractivity contribution in [1.82, 2.24) is 15.0 Å². The fraction of sp³-hybridized carbons (Fsp3) is 0.400. The Balaban J connectivity index is 1.71. The van der Waals surface area contributed by atoms with Crippen LogP contribution in [0.3, 0.4) is 0 Å². The number of hydrogen-bond acceptors (Lipinski definition) is 5.